The molecule has 0 radical (unpaired) electrons. The van der Waals surface area contributed by atoms with E-state index in [9.17, 15) is 4.39 Å². The molecule has 2 aliphatic heterocycles. The summed E-state index contributed by atoms with van der Waals surface area (Å²) >= 11 is 0. The Hall–Kier alpha value is -2.30. The van der Waals surface area contributed by atoms with Crippen molar-refractivity contribution in [2.45, 2.75) is 18.9 Å². The van der Waals surface area contributed by atoms with Crippen LogP contribution in [0, 0.1) is 5.82 Å². The van der Waals surface area contributed by atoms with Crippen molar-refractivity contribution in [3.8, 4) is 11.5 Å². The second-order valence-corrected chi connectivity index (χ2v) is 6.82. The van der Waals surface area contributed by atoms with Crippen LogP contribution in [0.4, 0.5) is 10.2 Å². The first-order valence-electron chi connectivity index (χ1n) is 9.44. The molecule has 0 spiro atoms. The highest BCUT2D eigenvalue weighted by atomic mass is 127. The first kappa shape index (κ1) is 21.4. The standard InChI is InChI=1S/C20H24FN5O2.HI/c1-22-20(24-9-6-14-4-5-17-18(11-14)28-13-27-17)25-15-7-10-26(12-15)19-16(21)3-2-8-23-19;/h2-5,8,11,15H,6-7,9-10,12-13H2,1H3,(H2,22,24,25);1H. The molecule has 2 aliphatic rings. The summed E-state index contributed by atoms with van der Waals surface area (Å²) in [7, 11) is 1.75. The zero-order valence-corrected chi connectivity index (χ0v) is 18.6. The Bertz CT molecular complexity index is 867. The molecule has 4 rings (SSSR count). The second kappa shape index (κ2) is 9.95. The van der Waals surface area contributed by atoms with E-state index in [1.54, 1.807) is 19.3 Å². The number of halogens is 2. The molecular formula is C20H25FIN5O2. The van der Waals surface area contributed by atoms with Gasteiger partial charge in [-0.1, -0.05) is 6.07 Å². The van der Waals surface area contributed by atoms with Crippen LogP contribution < -0.4 is 25.0 Å². The number of rotatable bonds is 5. The van der Waals surface area contributed by atoms with Gasteiger partial charge < -0.3 is 25.0 Å². The van der Waals surface area contributed by atoms with Crippen LogP contribution in [0.3, 0.4) is 0 Å². The molecule has 0 amide bonds. The summed E-state index contributed by atoms with van der Waals surface area (Å²) in [6.45, 7) is 2.48. The number of hydrogen-bond acceptors (Lipinski definition) is 5. The first-order chi connectivity index (χ1) is 13.7. The van der Waals surface area contributed by atoms with Crippen molar-refractivity contribution in [2.24, 2.45) is 4.99 Å². The van der Waals surface area contributed by atoms with Gasteiger partial charge in [-0.3, -0.25) is 4.99 Å². The number of aromatic nitrogens is 1. The molecular weight excluding hydrogens is 488 g/mol. The van der Waals surface area contributed by atoms with E-state index in [-0.39, 0.29) is 42.6 Å². The highest BCUT2D eigenvalue weighted by Gasteiger charge is 2.25. The van der Waals surface area contributed by atoms with Gasteiger partial charge in [-0.05, 0) is 42.7 Å². The third-order valence-corrected chi connectivity index (χ3v) is 4.93. The third-order valence-electron chi connectivity index (χ3n) is 4.93. The molecule has 1 aromatic heterocycles. The normalized spacial score (nSPS) is 17.8. The summed E-state index contributed by atoms with van der Waals surface area (Å²) in [5, 5.41) is 6.75. The van der Waals surface area contributed by atoms with Crippen LogP contribution in [0.1, 0.15) is 12.0 Å². The van der Waals surface area contributed by atoms with Crippen molar-refractivity contribution >= 4 is 35.8 Å². The molecule has 9 heteroatoms. The second-order valence-electron chi connectivity index (χ2n) is 6.82. The van der Waals surface area contributed by atoms with Crippen LogP contribution in [-0.2, 0) is 6.42 Å². The van der Waals surface area contributed by atoms with Crippen molar-refractivity contribution in [2.75, 3.05) is 38.4 Å². The molecule has 2 N–H and O–H groups in total. The fraction of sp³-hybridized carbons (Fsp3) is 0.400. The maximum Gasteiger partial charge on any atom is 0.231 e. The smallest absolute Gasteiger partial charge is 0.231 e. The number of ether oxygens (including phenoxy) is 2. The van der Waals surface area contributed by atoms with Gasteiger partial charge in [0.25, 0.3) is 0 Å². The molecule has 0 saturated carbocycles. The van der Waals surface area contributed by atoms with Gasteiger partial charge in [0.15, 0.2) is 29.1 Å². The van der Waals surface area contributed by atoms with Gasteiger partial charge in [-0.15, -0.1) is 24.0 Å². The molecule has 0 bridgehead atoms. The lowest BCUT2D eigenvalue weighted by Gasteiger charge is -2.20. The lowest BCUT2D eigenvalue weighted by atomic mass is 10.1. The topological polar surface area (TPSA) is 71.0 Å². The zero-order chi connectivity index (χ0) is 19.3. The predicted octanol–water partition coefficient (Wildman–Crippen LogP) is 2.55. The Morgan fingerprint density at radius 1 is 1.31 bits per heavy atom. The van der Waals surface area contributed by atoms with E-state index in [0.29, 0.717) is 12.4 Å². The van der Waals surface area contributed by atoms with Gasteiger partial charge in [0.1, 0.15) is 0 Å². The fourth-order valence-corrected chi connectivity index (χ4v) is 3.49. The van der Waals surface area contributed by atoms with Crippen LogP contribution >= 0.6 is 24.0 Å². The molecule has 1 aromatic carbocycles. The summed E-state index contributed by atoms with van der Waals surface area (Å²) in [6, 6.07) is 9.24. The van der Waals surface area contributed by atoms with E-state index < -0.39 is 0 Å². The van der Waals surface area contributed by atoms with Gasteiger partial charge in [-0.25, -0.2) is 9.37 Å². The summed E-state index contributed by atoms with van der Waals surface area (Å²) in [6.07, 6.45) is 3.36. The molecule has 29 heavy (non-hydrogen) atoms. The largest absolute Gasteiger partial charge is 0.454 e. The summed E-state index contributed by atoms with van der Waals surface area (Å²) in [5.41, 5.74) is 1.17. The highest BCUT2D eigenvalue weighted by Crippen LogP contribution is 2.32. The lowest BCUT2D eigenvalue weighted by Crippen LogP contribution is -2.45. The maximum atomic E-state index is 13.9. The van der Waals surface area contributed by atoms with Crippen molar-refractivity contribution in [1.82, 2.24) is 15.6 Å². The van der Waals surface area contributed by atoms with E-state index in [4.69, 9.17) is 9.47 Å². The number of nitrogens with zero attached hydrogens (tertiary/aromatic N) is 3. The minimum atomic E-state index is -0.283. The number of anilines is 1. The van der Waals surface area contributed by atoms with Crippen molar-refractivity contribution in [3.05, 3.63) is 47.9 Å². The summed E-state index contributed by atoms with van der Waals surface area (Å²) < 4.78 is 24.7. The number of hydrogen-bond donors (Lipinski definition) is 2. The summed E-state index contributed by atoms with van der Waals surface area (Å²) in [5.74, 6) is 2.47. The van der Waals surface area contributed by atoms with Gasteiger partial charge >= 0.3 is 0 Å². The highest BCUT2D eigenvalue weighted by molar-refractivity contribution is 14.0. The van der Waals surface area contributed by atoms with Gasteiger partial charge in [0.05, 0.1) is 0 Å². The molecule has 0 aliphatic carbocycles. The van der Waals surface area contributed by atoms with Gasteiger partial charge in [0.2, 0.25) is 6.79 Å². The van der Waals surface area contributed by atoms with Crippen molar-refractivity contribution < 1.29 is 13.9 Å². The van der Waals surface area contributed by atoms with Crippen LogP contribution in [-0.4, -0.2) is 50.5 Å². The fourth-order valence-electron chi connectivity index (χ4n) is 3.49. The average molecular weight is 513 g/mol. The number of benzene rings is 1. The minimum absolute atomic E-state index is 0. The van der Waals surface area contributed by atoms with E-state index in [0.717, 1.165) is 43.4 Å². The number of guanidine groups is 1. The quantitative estimate of drug-likeness (QED) is 0.364. The van der Waals surface area contributed by atoms with E-state index in [1.165, 1.54) is 11.6 Å². The number of fused-ring (bicyclic) bond motifs is 1. The summed E-state index contributed by atoms with van der Waals surface area (Å²) in [4.78, 5) is 10.4. The van der Waals surface area contributed by atoms with Crippen LogP contribution in [0.25, 0.3) is 0 Å². The Labute approximate surface area is 186 Å². The number of nitrogens with one attached hydrogen (secondary N) is 2. The average Bonchev–Trinajstić information content (AvgIpc) is 3.36. The Morgan fingerprint density at radius 3 is 3.00 bits per heavy atom. The Morgan fingerprint density at radius 2 is 2.17 bits per heavy atom. The van der Waals surface area contributed by atoms with E-state index >= 15 is 0 Å². The first-order valence-corrected chi connectivity index (χ1v) is 9.44. The third kappa shape index (κ3) is 5.20. The van der Waals surface area contributed by atoms with Crippen molar-refractivity contribution in [1.29, 1.82) is 0 Å². The molecule has 156 valence electrons. The lowest BCUT2D eigenvalue weighted by molar-refractivity contribution is 0.174. The minimum Gasteiger partial charge on any atom is -0.454 e. The molecule has 2 aromatic rings. The number of pyridine rings is 1. The Kier molecular flexibility index (Phi) is 7.34. The molecule has 1 unspecified atom stereocenters. The van der Waals surface area contributed by atoms with Crippen molar-refractivity contribution in [3.63, 3.8) is 0 Å². The van der Waals surface area contributed by atoms with Gasteiger partial charge in [0, 0.05) is 38.9 Å². The van der Waals surface area contributed by atoms with Gasteiger partial charge in [-0.2, -0.15) is 0 Å². The zero-order valence-electron chi connectivity index (χ0n) is 16.2. The van der Waals surface area contributed by atoms with Crippen LogP contribution in [0.5, 0.6) is 11.5 Å². The maximum absolute atomic E-state index is 13.9. The molecule has 3 heterocycles. The van der Waals surface area contributed by atoms with E-state index in [2.05, 4.69) is 20.6 Å². The Balaban J connectivity index is 0.00000240. The van der Waals surface area contributed by atoms with E-state index in [1.807, 2.05) is 23.1 Å². The SMILES string of the molecule is CN=C(NCCc1ccc2c(c1)OCO2)NC1CCN(c2ncccc2F)C1.I. The van der Waals surface area contributed by atoms with Crippen LogP contribution in [0.15, 0.2) is 41.5 Å². The monoisotopic (exact) mass is 513 g/mol. The molecule has 7 nitrogen and oxygen atoms in total. The molecule has 1 atom stereocenters. The predicted molar refractivity (Wildman–Crippen MR) is 121 cm³/mol. The number of aliphatic imine (C=N–C) groups is 1. The molecule has 1 fully saturated rings. The molecule has 1 saturated heterocycles. The van der Waals surface area contributed by atoms with Crippen LogP contribution in [0.2, 0.25) is 0 Å².